The van der Waals surface area contributed by atoms with Crippen molar-refractivity contribution in [2.24, 2.45) is 5.92 Å². The van der Waals surface area contributed by atoms with Gasteiger partial charge in [-0.2, -0.15) is 0 Å². The number of thiophene rings is 2. The standard InChI is InChI=1S/C29H28N2OS2/c1-15(2)11-21-16(3)23-20(32-21)7-8-22-24(23)25-26(30-14-31-28(25)34-22)18-12-17-9-10-33-27(17)19(13-18)29(4,5)6/h7-10,12-15H,11H2,1-6H3. The molecule has 5 heteroatoms. The van der Waals surface area contributed by atoms with Crippen molar-refractivity contribution in [2.45, 2.75) is 53.4 Å². The first-order valence-electron chi connectivity index (χ1n) is 11.8. The average Bonchev–Trinajstić information content (AvgIpc) is 3.47. The van der Waals surface area contributed by atoms with Gasteiger partial charge >= 0.3 is 0 Å². The summed E-state index contributed by atoms with van der Waals surface area (Å²) in [5.74, 6) is 1.63. The van der Waals surface area contributed by atoms with Crippen LogP contribution in [0.5, 0.6) is 0 Å². The average molecular weight is 485 g/mol. The summed E-state index contributed by atoms with van der Waals surface area (Å²) in [4.78, 5) is 10.6. The second kappa shape index (κ2) is 7.62. The summed E-state index contributed by atoms with van der Waals surface area (Å²) in [5.41, 5.74) is 5.77. The lowest BCUT2D eigenvalue weighted by molar-refractivity contribution is 0.496. The second-order valence-electron chi connectivity index (χ2n) is 10.7. The summed E-state index contributed by atoms with van der Waals surface area (Å²) >= 11 is 3.56. The van der Waals surface area contributed by atoms with Gasteiger partial charge in [-0.25, -0.2) is 9.97 Å². The number of furan rings is 1. The van der Waals surface area contributed by atoms with Gasteiger partial charge in [0, 0.05) is 37.5 Å². The van der Waals surface area contributed by atoms with Gasteiger partial charge in [-0.1, -0.05) is 34.6 Å². The number of aromatic nitrogens is 2. The number of hydrogen-bond donors (Lipinski definition) is 0. The van der Waals surface area contributed by atoms with E-state index < -0.39 is 0 Å². The molecule has 4 aromatic heterocycles. The molecule has 2 aromatic carbocycles. The highest BCUT2D eigenvalue weighted by molar-refractivity contribution is 7.25. The zero-order chi connectivity index (χ0) is 23.8. The summed E-state index contributed by atoms with van der Waals surface area (Å²) in [6.07, 6.45) is 2.66. The van der Waals surface area contributed by atoms with Crippen LogP contribution in [0.1, 0.15) is 51.5 Å². The van der Waals surface area contributed by atoms with Crippen LogP contribution >= 0.6 is 22.7 Å². The first-order valence-corrected chi connectivity index (χ1v) is 13.5. The number of rotatable bonds is 3. The van der Waals surface area contributed by atoms with Crippen molar-refractivity contribution < 1.29 is 4.42 Å². The molecule has 0 bridgehead atoms. The summed E-state index contributed by atoms with van der Waals surface area (Å²) in [6.45, 7) is 13.5. The van der Waals surface area contributed by atoms with E-state index in [1.807, 2.05) is 11.3 Å². The zero-order valence-corrected chi connectivity index (χ0v) is 22.1. The molecule has 6 rings (SSSR count). The van der Waals surface area contributed by atoms with E-state index in [1.165, 1.54) is 36.7 Å². The lowest BCUT2D eigenvalue weighted by Gasteiger charge is -2.21. The molecular weight excluding hydrogens is 456 g/mol. The molecule has 0 amide bonds. The molecule has 4 heterocycles. The third kappa shape index (κ3) is 3.29. The molecule has 0 aliphatic carbocycles. The maximum Gasteiger partial charge on any atom is 0.135 e. The first kappa shape index (κ1) is 21.8. The van der Waals surface area contributed by atoms with Crippen molar-refractivity contribution in [2.75, 3.05) is 0 Å². The molecule has 0 atom stereocenters. The Morgan fingerprint density at radius 2 is 1.82 bits per heavy atom. The van der Waals surface area contributed by atoms with E-state index in [4.69, 9.17) is 14.4 Å². The minimum atomic E-state index is 0.0438. The van der Waals surface area contributed by atoms with Crippen LogP contribution in [0, 0.1) is 12.8 Å². The third-order valence-electron chi connectivity index (χ3n) is 6.65. The van der Waals surface area contributed by atoms with Crippen LogP contribution in [0.3, 0.4) is 0 Å². The lowest BCUT2D eigenvalue weighted by Crippen LogP contribution is -2.11. The molecular formula is C29H28N2OS2. The quantitative estimate of drug-likeness (QED) is 0.251. The third-order valence-corrected chi connectivity index (χ3v) is 8.68. The Hall–Kier alpha value is -2.76. The van der Waals surface area contributed by atoms with Crippen LogP contribution in [-0.4, -0.2) is 9.97 Å². The van der Waals surface area contributed by atoms with Crippen molar-refractivity contribution >= 4 is 64.0 Å². The molecule has 172 valence electrons. The van der Waals surface area contributed by atoms with Crippen molar-refractivity contribution in [3.8, 4) is 11.3 Å². The molecule has 0 N–H and O–H groups in total. The van der Waals surface area contributed by atoms with Gasteiger partial charge in [0.25, 0.3) is 0 Å². The highest BCUT2D eigenvalue weighted by Crippen LogP contribution is 2.45. The van der Waals surface area contributed by atoms with Crippen molar-refractivity contribution in [3.05, 3.63) is 58.9 Å². The van der Waals surface area contributed by atoms with E-state index in [1.54, 1.807) is 17.7 Å². The van der Waals surface area contributed by atoms with Crippen molar-refractivity contribution in [1.82, 2.24) is 9.97 Å². The Morgan fingerprint density at radius 1 is 1.00 bits per heavy atom. The highest BCUT2D eigenvalue weighted by atomic mass is 32.1. The van der Waals surface area contributed by atoms with E-state index in [0.29, 0.717) is 5.92 Å². The fraction of sp³-hybridized carbons (Fsp3) is 0.310. The molecule has 6 aromatic rings. The second-order valence-corrected chi connectivity index (χ2v) is 12.6. The molecule has 0 spiro atoms. The topological polar surface area (TPSA) is 38.9 Å². The van der Waals surface area contributed by atoms with Gasteiger partial charge in [0.1, 0.15) is 22.5 Å². The molecule has 0 aliphatic heterocycles. The number of hydrogen-bond acceptors (Lipinski definition) is 5. The molecule has 0 saturated heterocycles. The van der Waals surface area contributed by atoms with Crippen molar-refractivity contribution in [3.63, 3.8) is 0 Å². The monoisotopic (exact) mass is 484 g/mol. The number of fused-ring (bicyclic) bond motifs is 6. The van der Waals surface area contributed by atoms with Crippen LogP contribution in [0.4, 0.5) is 0 Å². The Balaban J connectivity index is 1.72. The normalized spacial score (nSPS) is 12.8. The predicted octanol–water partition coefficient (Wildman–Crippen LogP) is 9.28. The molecule has 34 heavy (non-hydrogen) atoms. The van der Waals surface area contributed by atoms with E-state index in [0.717, 1.165) is 39.2 Å². The smallest absolute Gasteiger partial charge is 0.135 e. The van der Waals surface area contributed by atoms with Crippen molar-refractivity contribution in [1.29, 1.82) is 0 Å². The van der Waals surface area contributed by atoms with E-state index in [-0.39, 0.29) is 5.41 Å². The van der Waals surface area contributed by atoms with Gasteiger partial charge in [-0.15, -0.1) is 22.7 Å². The molecule has 0 aliphatic rings. The van der Waals surface area contributed by atoms with Crippen LogP contribution in [0.25, 0.3) is 52.6 Å². The van der Waals surface area contributed by atoms with E-state index in [2.05, 4.69) is 77.3 Å². The van der Waals surface area contributed by atoms with Gasteiger partial charge in [0.05, 0.1) is 5.69 Å². The Morgan fingerprint density at radius 3 is 2.59 bits per heavy atom. The summed E-state index contributed by atoms with van der Waals surface area (Å²) < 4.78 is 8.96. The molecule has 3 nitrogen and oxygen atoms in total. The Kier molecular flexibility index (Phi) is 4.88. The van der Waals surface area contributed by atoms with E-state index >= 15 is 0 Å². The van der Waals surface area contributed by atoms with Crippen LogP contribution in [0.2, 0.25) is 0 Å². The summed E-state index contributed by atoms with van der Waals surface area (Å²) in [5, 5.41) is 7.05. The van der Waals surface area contributed by atoms with Crippen LogP contribution < -0.4 is 0 Å². The highest BCUT2D eigenvalue weighted by Gasteiger charge is 2.23. The largest absolute Gasteiger partial charge is 0.461 e. The molecule has 0 fully saturated rings. The van der Waals surface area contributed by atoms with Gasteiger partial charge in [0.15, 0.2) is 0 Å². The minimum absolute atomic E-state index is 0.0438. The first-order chi connectivity index (χ1) is 16.2. The lowest BCUT2D eigenvalue weighted by atomic mass is 9.85. The Bertz CT molecular complexity index is 1710. The van der Waals surface area contributed by atoms with Crippen LogP contribution in [-0.2, 0) is 11.8 Å². The van der Waals surface area contributed by atoms with Gasteiger partial charge < -0.3 is 4.42 Å². The number of aryl methyl sites for hydroxylation is 1. The molecule has 0 radical (unpaired) electrons. The minimum Gasteiger partial charge on any atom is -0.461 e. The zero-order valence-electron chi connectivity index (χ0n) is 20.4. The Labute approximate surface area is 207 Å². The fourth-order valence-corrected chi connectivity index (χ4v) is 7.20. The maximum absolute atomic E-state index is 6.36. The predicted molar refractivity (Wildman–Crippen MR) is 147 cm³/mol. The fourth-order valence-electron chi connectivity index (χ4n) is 5.04. The van der Waals surface area contributed by atoms with E-state index in [9.17, 15) is 0 Å². The van der Waals surface area contributed by atoms with Crippen LogP contribution in [0.15, 0.2) is 46.5 Å². The number of benzene rings is 2. The summed E-state index contributed by atoms with van der Waals surface area (Å²) in [6, 6.07) is 11.2. The summed E-state index contributed by atoms with van der Waals surface area (Å²) in [7, 11) is 0. The number of nitrogens with zero attached hydrogens (tertiary/aromatic N) is 2. The molecule has 0 unspecified atom stereocenters. The maximum atomic E-state index is 6.36. The molecule has 0 saturated carbocycles. The SMILES string of the molecule is Cc1c(CC(C)C)oc2ccc3sc4ncnc(-c5cc(C(C)(C)C)c6sccc6c5)c4c3c12. The van der Waals surface area contributed by atoms with Gasteiger partial charge in [-0.05, 0) is 70.5 Å². The van der Waals surface area contributed by atoms with Gasteiger partial charge in [0.2, 0.25) is 0 Å². The van der Waals surface area contributed by atoms with Gasteiger partial charge in [-0.3, -0.25) is 0 Å².